The smallest absolute Gasteiger partial charge is 0.191 e. The van der Waals surface area contributed by atoms with Crippen LogP contribution in [-0.2, 0) is 22.6 Å². The Bertz CT molecular complexity index is 668. The lowest BCUT2D eigenvalue weighted by molar-refractivity contribution is -0.0705. The summed E-state index contributed by atoms with van der Waals surface area (Å²) in [6.07, 6.45) is 1.68. The fraction of sp³-hybridized carbons (Fsp3) is 0.708. The van der Waals surface area contributed by atoms with Crippen LogP contribution in [0.3, 0.4) is 0 Å². The van der Waals surface area contributed by atoms with E-state index in [0.717, 1.165) is 78.0 Å². The molecule has 0 amide bonds. The standard InChI is InChI=1S/C24H41N5O2/c1-4-25-24(26-10-7-11-28-12-14-30-15-13-28)27-16-22-8-5-6-9-23(22)19-29-17-20(2)31-21(3)18-29/h5-6,8-9,20-21H,4,7,10-19H2,1-3H3,(H2,25,26,27). The second-order valence-corrected chi connectivity index (χ2v) is 8.65. The lowest BCUT2D eigenvalue weighted by atomic mass is 10.1. The van der Waals surface area contributed by atoms with Crippen molar-refractivity contribution in [2.75, 3.05) is 59.0 Å². The number of morpholine rings is 2. The number of rotatable bonds is 9. The van der Waals surface area contributed by atoms with Crippen LogP contribution in [0.15, 0.2) is 29.3 Å². The quantitative estimate of drug-likeness (QED) is 0.355. The van der Waals surface area contributed by atoms with Crippen molar-refractivity contribution >= 4 is 5.96 Å². The number of nitrogens with one attached hydrogen (secondary N) is 2. The number of benzene rings is 1. The lowest BCUT2D eigenvalue weighted by Crippen LogP contribution is -2.44. The van der Waals surface area contributed by atoms with Gasteiger partial charge in [0.1, 0.15) is 0 Å². The maximum atomic E-state index is 5.89. The molecule has 0 aromatic heterocycles. The van der Waals surface area contributed by atoms with E-state index in [1.165, 1.54) is 11.1 Å². The second kappa shape index (κ2) is 13.0. The summed E-state index contributed by atoms with van der Waals surface area (Å²) in [4.78, 5) is 9.84. The first-order chi connectivity index (χ1) is 15.1. The van der Waals surface area contributed by atoms with E-state index < -0.39 is 0 Å². The highest BCUT2D eigenvalue weighted by Crippen LogP contribution is 2.17. The molecule has 2 saturated heterocycles. The van der Waals surface area contributed by atoms with E-state index in [-0.39, 0.29) is 12.2 Å². The Morgan fingerprint density at radius 3 is 2.45 bits per heavy atom. The summed E-state index contributed by atoms with van der Waals surface area (Å²) in [6, 6.07) is 8.68. The molecule has 31 heavy (non-hydrogen) atoms. The number of hydrogen-bond donors (Lipinski definition) is 2. The van der Waals surface area contributed by atoms with Crippen LogP contribution in [0.25, 0.3) is 0 Å². The number of nitrogens with zero attached hydrogens (tertiary/aromatic N) is 3. The predicted octanol–water partition coefficient (Wildman–Crippen LogP) is 2.07. The molecule has 2 aliphatic heterocycles. The van der Waals surface area contributed by atoms with Crippen LogP contribution in [0, 0.1) is 0 Å². The number of ether oxygens (including phenoxy) is 2. The summed E-state index contributed by atoms with van der Waals surface area (Å²) in [5.74, 6) is 0.896. The van der Waals surface area contributed by atoms with Gasteiger partial charge < -0.3 is 20.1 Å². The molecule has 1 aromatic carbocycles. The van der Waals surface area contributed by atoms with Crippen LogP contribution in [-0.4, -0.2) is 87.0 Å². The summed E-state index contributed by atoms with van der Waals surface area (Å²) < 4.78 is 11.3. The minimum Gasteiger partial charge on any atom is -0.379 e. The Kier molecular flexibility index (Phi) is 10.1. The third-order valence-electron chi connectivity index (χ3n) is 5.81. The van der Waals surface area contributed by atoms with Gasteiger partial charge in [0.2, 0.25) is 0 Å². The number of guanidine groups is 1. The Labute approximate surface area is 188 Å². The van der Waals surface area contributed by atoms with Crippen molar-refractivity contribution in [2.24, 2.45) is 4.99 Å². The first kappa shape index (κ1) is 24.0. The SMILES string of the molecule is CCNC(=NCc1ccccc1CN1CC(C)OC(C)C1)NCCCN1CCOCC1. The van der Waals surface area contributed by atoms with Crippen molar-refractivity contribution in [3.8, 4) is 0 Å². The van der Waals surface area contributed by atoms with Gasteiger partial charge in [-0.1, -0.05) is 24.3 Å². The van der Waals surface area contributed by atoms with Crippen LogP contribution < -0.4 is 10.6 Å². The molecule has 1 aromatic rings. The van der Waals surface area contributed by atoms with Crippen molar-refractivity contribution in [2.45, 2.75) is 52.5 Å². The predicted molar refractivity (Wildman–Crippen MR) is 126 cm³/mol. The third kappa shape index (κ3) is 8.41. The normalized spacial score (nSPS) is 23.6. The first-order valence-electron chi connectivity index (χ1n) is 11.9. The van der Waals surface area contributed by atoms with Crippen LogP contribution in [0.4, 0.5) is 0 Å². The molecule has 2 heterocycles. The Morgan fingerprint density at radius 2 is 1.74 bits per heavy atom. The maximum absolute atomic E-state index is 5.89. The zero-order chi connectivity index (χ0) is 21.9. The number of aliphatic imine (C=N–C) groups is 1. The maximum Gasteiger partial charge on any atom is 0.191 e. The summed E-state index contributed by atoms with van der Waals surface area (Å²) in [5, 5.41) is 6.88. The van der Waals surface area contributed by atoms with Crippen molar-refractivity contribution in [1.29, 1.82) is 0 Å². The summed E-state index contributed by atoms with van der Waals surface area (Å²) >= 11 is 0. The van der Waals surface area contributed by atoms with E-state index in [1.807, 2.05) is 0 Å². The van der Waals surface area contributed by atoms with Gasteiger partial charge in [-0.25, -0.2) is 4.99 Å². The highest BCUT2D eigenvalue weighted by atomic mass is 16.5. The molecular weight excluding hydrogens is 390 g/mol. The van der Waals surface area contributed by atoms with Gasteiger partial charge in [-0.05, 0) is 44.9 Å². The second-order valence-electron chi connectivity index (χ2n) is 8.65. The fourth-order valence-electron chi connectivity index (χ4n) is 4.36. The summed E-state index contributed by atoms with van der Waals surface area (Å²) in [5.41, 5.74) is 2.65. The minimum atomic E-state index is 0.288. The monoisotopic (exact) mass is 431 g/mol. The Balaban J connectivity index is 1.51. The minimum absolute atomic E-state index is 0.288. The number of hydrogen-bond acceptors (Lipinski definition) is 5. The molecule has 0 radical (unpaired) electrons. The molecule has 2 unspecified atom stereocenters. The van der Waals surface area contributed by atoms with Crippen molar-refractivity contribution in [1.82, 2.24) is 20.4 Å². The van der Waals surface area contributed by atoms with Gasteiger partial charge in [0.25, 0.3) is 0 Å². The molecule has 2 aliphatic rings. The molecule has 7 nitrogen and oxygen atoms in total. The summed E-state index contributed by atoms with van der Waals surface area (Å²) in [7, 11) is 0. The van der Waals surface area contributed by atoms with Crippen LogP contribution >= 0.6 is 0 Å². The first-order valence-corrected chi connectivity index (χ1v) is 11.9. The van der Waals surface area contributed by atoms with Crippen molar-refractivity contribution < 1.29 is 9.47 Å². The van der Waals surface area contributed by atoms with Gasteiger partial charge in [-0.2, -0.15) is 0 Å². The van der Waals surface area contributed by atoms with Crippen LogP contribution in [0.1, 0.15) is 38.3 Å². The average Bonchev–Trinajstić information content (AvgIpc) is 2.76. The van der Waals surface area contributed by atoms with Gasteiger partial charge in [-0.3, -0.25) is 9.80 Å². The molecule has 7 heteroatoms. The average molecular weight is 432 g/mol. The van der Waals surface area contributed by atoms with Gasteiger partial charge in [0, 0.05) is 45.8 Å². The molecule has 0 spiro atoms. The van der Waals surface area contributed by atoms with E-state index in [2.05, 4.69) is 65.5 Å². The highest BCUT2D eigenvalue weighted by molar-refractivity contribution is 5.79. The summed E-state index contributed by atoms with van der Waals surface area (Å²) in [6.45, 7) is 16.7. The zero-order valence-electron chi connectivity index (χ0n) is 19.6. The van der Waals surface area contributed by atoms with E-state index in [4.69, 9.17) is 14.5 Å². The van der Waals surface area contributed by atoms with Gasteiger partial charge >= 0.3 is 0 Å². The van der Waals surface area contributed by atoms with Gasteiger partial charge in [0.05, 0.1) is 32.0 Å². The van der Waals surface area contributed by atoms with E-state index in [1.54, 1.807) is 0 Å². The Hall–Kier alpha value is -1.67. The molecule has 0 saturated carbocycles. The lowest BCUT2D eigenvalue weighted by Gasteiger charge is -2.35. The van der Waals surface area contributed by atoms with E-state index >= 15 is 0 Å². The molecule has 2 atom stereocenters. The van der Waals surface area contributed by atoms with Crippen LogP contribution in [0.5, 0.6) is 0 Å². The fourth-order valence-corrected chi connectivity index (χ4v) is 4.36. The van der Waals surface area contributed by atoms with Gasteiger partial charge in [0.15, 0.2) is 5.96 Å². The molecule has 0 aliphatic carbocycles. The third-order valence-corrected chi connectivity index (χ3v) is 5.81. The van der Waals surface area contributed by atoms with E-state index in [9.17, 15) is 0 Å². The van der Waals surface area contributed by atoms with Gasteiger partial charge in [-0.15, -0.1) is 0 Å². The largest absolute Gasteiger partial charge is 0.379 e. The Morgan fingerprint density at radius 1 is 1.03 bits per heavy atom. The molecule has 0 bridgehead atoms. The van der Waals surface area contributed by atoms with Crippen molar-refractivity contribution in [3.63, 3.8) is 0 Å². The molecule has 3 rings (SSSR count). The van der Waals surface area contributed by atoms with Crippen molar-refractivity contribution in [3.05, 3.63) is 35.4 Å². The molecular formula is C24H41N5O2. The topological polar surface area (TPSA) is 61.4 Å². The van der Waals surface area contributed by atoms with Crippen LogP contribution in [0.2, 0.25) is 0 Å². The highest BCUT2D eigenvalue weighted by Gasteiger charge is 2.22. The van der Waals surface area contributed by atoms with E-state index in [0.29, 0.717) is 6.54 Å². The zero-order valence-corrected chi connectivity index (χ0v) is 19.6. The molecule has 2 fully saturated rings. The molecule has 174 valence electrons. The molecule has 2 N–H and O–H groups in total.